The van der Waals surface area contributed by atoms with Crippen molar-refractivity contribution in [2.45, 2.75) is 61.3 Å². The Hall–Kier alpha value is -2.76. The second-order valence-corrected chi connectivity index (χ2v) is 14.6. The number of hydrogen-bond acceptors (Lipinski definition) is 3. The zero-order chi connectivity index (χ0) is 25.6. The molecule has 3 aromatic rings. The Balaban J connectivity index is 1.75. The van der Waals surface area contributed by atoms with E-state index in [4.69, 9.17) is 4.74 Å². The Morgan fingerprint density at radius 1 is 0.833 bits per heavy atom. The molecule has 0 bridgehead atoms. The molecule has 0 radical (unpaired) electrons. The summed E-state index contributed by atoms with van der Waals surface area (Å²) in [4.78, 5) is 15.0. The van der Waals surface area contributed by atoms with E-state index >= 15 is 0 Å². The smallest absolute Gasteiger partial charge is 0.410 e. The number of aliphatic hydroxyl groups excluding tert-OH is 1. The predicted molar refractivity (Wildman–Crippen MR) is 150 cm³/mol. The molecule has 1 N–H and O–H groups in total. The predicted octanol–water partition coefficient (Wildman–Crippen LogP) is 6.76. The molecule has 0 unspecified atom stereocenters. The topological polar surface area (TPSA) is 49.8 Å². The maximum absolute atomic E-state index is 13.2. The quantitative estimate of drug-likeness (QED) is 0.368. The van der Waals surface area contributed by atoms with Gasteiger partial charge in [-0.1, -0.05) is 91.0 Å². The van der Waals surface area contributed by atoms with Gasteiger partial charge in [-0.05, 0) is 43.9 Å². The molecule has 5 heteroatoms. The summed E-state index contributed by atoms with van der Waals surface area (Å²) < 4.78 is 5.75. The minimum Gasteiger partial charge on any atom is -0.444 e. The molecule has 0 aromatic heterocycles. The standard InChI is InChI=1S/C31H39NO3S/c1-31(2,3)35-30(34)32-20-29(19-28(32)21-33)36(22-25-13-7-4-8-14-25,23-26-15-9-5-10-16-26)24-27-17-11-6-12-18-27/h4-18,28-29,33H,19-24H2,1-3H3/t28-,29+/m0/s1. The SMILES string of the molecule is CC(C)(C)OC(=O)N1C[C@H](S(Cc2ccccc2)(Cc2ccccc2)Cc2ccccc2)C[C@H]1CO. The van der Waals surface area contributed by atoms with Crippen molar-refractivity contribution < 1.29 is 14.6 Å². The molecule has 0 spiro atoms. The van der Waals surface area contributed by atoms with Gasteiger partial charge in [0.25, 0.3) is 0 Å². The number of benzene rings is 3. The van der Waals surface area contributed by atoms with Crippen LogP contribution in [0.4, 0.5) is 4.79 Å². The number of carbonyl (C=O) groups is 1. The summed E-state index contributed by atoms with van der Waals surface area (Å²) in [5.74, 6) is 2.92. The summed E-state index contributed by atoms with van der Waals surface area (Å²) in [5, 5.41) is 10.6. The van der Waals surface area contributed by atoms with Crippen LogP contribution in [0.15, 0.2) is 91.0 Å². The van der Waals surface area contributed by atoms with Gasteiger partial charge in [-0.15, -0.1) is 0 Å². The highest BCUT2D eigenvalue weighted by Gasteiger charge is 2.45. The highest BCUT2D eigenvalue weighted by atomic mass is 32.3. The number of rotatable bonds is 8. The number of carbonyl (C=O) groups excluding carboxylic acids is 1. The van der Waals surface area contributed by atoms with E-state index in [1.807, 2.05) is 20.8 Å². The fraction of sp³-hybridized carbons (Fsp3) is 0.387. The second-order valence-electron chi connectivity index (χ2n) is 10.8. The lowest BCUT2D eigenvalue weighted by Crippen LogP contribution is -2.41. The fourth-order valence-corrected chi connectivity index (χ4v) is 9.87. The van der Waals surface area contributed by atoms with E-state index in [2.05, 4.69) is 91.0 Å². The van der Waals surface area contributed by atoms with Crippen LogP contribution < -0.4 is 0 Å². The Kier molecular flexibility index (Phi) is 8.43. The number of amides is 1. The summed E-state index contributed by atoms with van der Waals surface area (Å²) in [7, 11) is -1.35. The summed E-state index contributed by atoms with van der Waals surface area (Å²) in [6.07, 6.45) is 0.467. The van der Waals surface area contributed by atoms with Crippen molar-refractivity contribution >= 4 is 16.1 Å². The number of hydrogen-bond donors (Lipinski definition) is 1. The largest absolute Gasteiger partial charge is 0.444 e. The first-order valence-electron chi connectivity index (χ1n) is 12.8. The second kappa shape index (κ2) is 11.5. The van der Waals surface area contributed by atoms with E-state index in [0.717, 1.165) is 23.7 Å². The lowest BCUT2D eigenvalue weighted by molar-refractivity contribution is 0.0176. The summed E-state index contributed by atoms with van der Waals surface area (Å²) >= 11 is 0. The van der Waals surface area contributed by atoms with Crippen LogP contribution in [0.2, 0.25) is 0 Å². The zero-order valence-corrected chi connectivity index (χ0v) is 22.5. The van der Waals surface area contributed by atoms with E-state index in [-0.39, 0.29) is 24.0 Å². The fourth-order valence-electron chi connectivity index (χ4n) is 5.18. The summed E-state index contributed by atoms with van der Waals surface area (Å²) in [6.45, 7) is 6.24. The highest BCUT2D eigenvalue weighted by molar-refractivity contribution is 8.32. The molecule has 36 heavy (non-hydrogen) atoms. The molecule has 1 saturated heterocycles. The van der Waals surface area contributed by atoms with Crippen LogP contribution >= 0.6 is 10.0 Å². The Morgan fingerprint density at radius 2 is 1.25 bits per heavy atom. The molecule has 1 fully saturated rings. The lowest BCUT2D eigenvalue weighted by atomic mass is 10.2. The minimum absolute atomic E-state index is 0.0483. The third-order valence-electron chi connectivity index (χ3n) is 6.81. The third kappa shape index (κ3) is 6.71. The highest BCUT2D eigenvalue weighted by Crippen LogP contribution is 2.63. The molecule has 192 valence electrons. The van der Waals surface area contributed by atoms with Gasteiger partial charge in [-0.25, -0.2) is 14.8 Å². The number of likely N-dealkylation sites (tertiary alicyclic amines) is 1. The van der Waals surface area contributed by atoms with Crippen LogP contribution in [0.25, 0.3) is 0 Å². The van der Waals surface area contributed by atoms with E-state index in [0.29, 0.717) is 6.54 Å². The molecule has 1 aliphatic heterocycles. The van der Waals surface area contributed by atoms with Gasteiger partial charge in [-0.3, -0.25) is 0 Å². The number of aliphatic hydroxyl groups is 1. The molecular weight excluding hydrogens is 466 g/mol. The van der Waals surface area contributed by atoms with Crippen LogP contribution in [0.1, 0.15) is 43.9 Å². The van der Waals surface area contributed by atoms with Crippen molar-refractivity contribution in [1.29, 1.82) is 0 Å². The van der Waals surface area contributed by atoms with E-state index in [1.165, 1.54) is 16.7 Å². The molecule has 1 aliphatic rings. The number of nitrogens with zero attached hydrogens (tertiary/aromatic N) is 1. The van der Waals surface area contributed by atoms with Gasteiger partial charge < -0.3 is 14.7 Å². The average Bonchev–Trinajstić information content (AvgIpc) is 3.30. The van der Waals surface area contributed by atoms with Gasteiger partial charge in [0, 0.05) is 29.1 Å². The van der Waals surface area contributed by atoms with Crippen molar-refractivity contribution in [3.63, 3.8) is 0 Å². The van der Waals surface area contributed by atoms with Crippen LogP contribution in [-0.4, -0.2) is 46.1 Å². The van der Waals surface area contributed by atoms with Crippen molar-refractivity contribution in [3.8, 4) is 0 Å². The summed E-state index contributed by atoms with van der Waals surface area (Å²) in [6, 6.07) is 32.0. The first-order valence-corrected chi connectivity index (χ1v) is 15.0. The molecule has 4 rings (SSSR count). The van der Waals surface area contributed by atoms with Gasteiger partial charge >= 0.3 is 6.09 Å². The first kappa shape index (κ1) is 26.3. The molecule has 4 nitrogen and oxygen atoms in total. The van der Waals surface area contributed by atoms with Gasteiger partial charge in [0.15, 0.2) is 0 Å². The van der Waals surface area contributed by atoms with Gasteiger partial charge in [0.1, 0.15) is 5.60 Å². The normalized spacial score (nSPS) is 18.7. The van der Waals surface area contributed by atoms with Crippen LogP contribution in [-0.2, 0) is 22.0 Å². The Labute approximate surface area is 217 Å². The van der Waals surface area contributed by atoms with Gasteiger partial charge in [0.05, 0.1) is 12.6 Å². The lowest BCUT2D eigenvalue weighted by Gasteiger charge is -2.46. The molecule has 1 heterocycles. The van der Waals surface area contributed by atoms with Crippen molar-refractivity contribution in [1.82, 2.24) is 4.90 Å². The van der Waals surface area contributed by atoms with Crippen molar-refractivity contribution in [3.05, 3.63) is 108 Å². The molecule has 0 saturated carbocycles. The molecule has 3 aromatic carbocycles. The maximum atomic E-state index is 13.2. The third-order valence-corrected chi connectivity index (χ3v) is 11.3. The first-order chi connectivity index (χ1) is 17.3. The van der Waals surface area contributed by atoms with Gasteiger partial charge in [0.2, 0.25) is 0 Å². The van der Waals surface area contributed by atoms with Crippen LogP contribution in [0, 0.1) is 0 Å². The molecular formula is C31H39NO3S. The van der Waals surface area contributed by atoms with Crippen LogP contribution in [0.5, 0.6) is 0 Å². The van der Waals surface area contributed by atoms with Gasteiger partial charge in [-0.2, -0.15) is 0 Å². The summed E-state index contributed by atoms with van der Waals surface area (Å²) in [5.41, 5.74) is 3.42. The van der Waals surface area contributed by atoms with E-state index in [1.54, 1.807) is 4.90 Å². The molecule has 2 atom stereocenters. The van der Waals surface area contributed by atoms with E-state index < -0.39 is 15.6 Å². The molecule has 0 aliphatic carbocycles. The number of ether oxygens (including phenoxy) is 1. The van der Waals surface area contributed by atoms with Crippen LogP contribution in [0.3, 0.4) is 0 Å². The average molecular weight is 506 g/mol. The Morgan fingerprint density at radius 3 is 1.61 bits per heavy atom. The minimum atomic E-state index is -1.35. The molecule has 1 amide bonds. The van der Waals surface area contributed by atoms with Crippen molar-refractivity contribution in [2.75, 3.05) is 13.2 Å². The zero-order valence-electron chi connectivity index (χ0n) is 21.7. The Bertz CT molecular complexity index is 998. The maximum Gasteiger partial charge on any atom is 0.410 e. The van der Waals surface area contributed by atoms with E-state index in [9.17, 15) is 9.90 Å². The van der Waals surface area contributed by atoms with Crippen molar-refractivity contribution in [2.24, 2.45) is 0 Å². The monoisotopic (exact) mass is 505 g/mol.